The summed E-state index contributed by atoms with van der Waals surface area (Å²) in [4.78, 5) is 13.8. The summed E-state index contributed by atoms with van der Waals surface area (Å²) in [5.74, 6) is 1.85. The molecule has 1 aliphatic rings. The molecule has 6 heteroatoms. The maximum atomic E-state index is 5.96. The number of nitrogens with one attached hydrogen (secondary N) is 1. The number of piperazine rings is 1. The molecule has 1 aliphatic heterocycles. The maximum absolute atomic E-state index is 5.96. The Hall–Kier alpha value is -3.64. The lowest BCUT2D eigenvalue weighted by atomic mass is 10.2. The summed E-state index contributed by atoms with van der Waals surface area (Å²) < 4.78 is 5.96. The van der Waals surface area contributed by atoms with Gasteiger partial charge in [0.15, 0.2) is 0 Å². The average Bonchev–Trinajstić information content (AvgIpc) is 2.84. The summed E-state index contributed by atoms with van der Waals surface area (Å²) in [6, 6.07) is 24.5. The second kappa shape index (κ2) is 9.24. The van der Waals surface area contributed by atoms with Crippen LogP contribution in [0.2, 0.25) is 0 Å². The van der Waals surface area contributed by atoms with E-state index in [1.807, 2.05) is 42.5 Å². The van der Waals surface area contributed by atoms with Crippen molar-refractivity contribution in [3.8, 4) is 5.75 Å². The van der Waals surface area contributed by atoms with E-state index in [9.17, 15) is 0 Å². The van der Waals surface area contributed by atoms with Crippen molar-refractivity contribution in [3.63, 3.8) is 0 Å². The van der Waals surface area contributed by atoms with Gasteiger partial charge in [-0.2, -0.15) is 0 Å². The number of anilines is 3. The Morgan fingerprint density at radius 2 is 1.66 bits per heavy atom. The van der Waals surface area contributed by atoms with Gasteiger partial charge in [-0.05, 0) is 42.9 Å². The van der Waals surface area contributed by atoms with E-state index in [0.717, 1.165) is 65.6 Å². The van der Waals surface area contributed by atoms with E-state index < -0.39 is 0 Å². The molecule has 5 rings (SSSR count). The molecule has 1 fully saturated rings. The van der Waals surface area contributed by atoms with E-state index in [2.05, 4.69) is 62.5 Å². The Morgan fingerprint density at radius 3 is 2.50 bits per heavy atom. The van der Waals surface area contributed by atoms with Crippen LogP contribution in [0.4, 0.5) is 17.2 Å². The largest absolute Gasteiger partial charge is 0.489 e. The molecule has 0 unspecified atom stereocenters. The molecule has 4 aromatic rings. The van der Waals surface area contributed by atoms with Gasteiger partial charge in [0.2, 0.25) is 0 Å². The van der Waals surface area contributed by atoms with Gasteiger partial charge in [0, 0.05) is 49.0 Å². The van der Waals surface area contributed by atoms with Gasteiger partial charge < -0.3 is 19.9 Å². The molecule has 0 aliphatic carbocycles. The van der Waals surface area contributed by atoms with Gasteiger partial charge in [0.05, 0.1) is 5.52 Å². The third kappa shape index (κ3) is 4.65. The van der Waals surface area contributed by atoms with Crippen LogP contribution in [0.5, 0.6) is 5.75 Å². The Labute approximate surface area is 188 Å². The molecule has 0 saturated carbocycles. The first-order valence-corrected chi connectivity index (χ1v) is 11.0. The topological polar surface area (TPSA) is 53.5 Å². The molecule has 0 bridgehead atoms. The Bertz CT molecular complexity index is 1190. The third-order valence-electron chi connectivity index (χ3n) is 5.79. The number of nitrogens with zero attached hydrogens (tertiary/aromatic N) is 4. The second-order valence-electron chi connectivity index (χ2n) is 8.15. The minimum atomic E-state index is 0.548. The van der Waals surface area contributed by atoms with Crippen LogP contribution in [0.15, 0.2) is 79.1 Å². The zero-order valence-corrected chi connectivity index (χ0v) is 18.2. The van der Waals surface area contributed by atoms with Gasteiger partial charge in [-0.3, -0.25) is 0 Å². The number of likely N-dealkylation sites (N-methyl/N-ethyl adjacent to an activating group) is 1. The highest BCUT2D eigenvalue weighted by Gasteiger charge is 2.17. The van der Waals surface area contributed by atoms with Crippen LogP contribution in [-0.2, 0) is 6.61 Å². The van der Waals surface area contributed by atoms with Crippen LogP contribution in [0, 0.1) is 0 Å². The number of hydrogen-bond donors (Lipinski definition) is 1. The molecule has 0 spiro atoms. The summed E-state index contributed by atoms with van der Waals surface area (Å²) in [6.07, 6.45) is 1.66. The number of aromatic nitrogens is 2. The van der Waals surface area contributed by atoms with Crippen molar-refractivity contribution in [2.75, 3.05) is 43.4 Å². The van der Waals surface area contributed by atoms with Gasteiger partial charge in [0.1, 0.15) is 24.5 Å². The monoisotopic (exact) mass is 425 g/mol. The molecule has 1 N–H and O–H groups in total. The van der Waals surface area contributed by atoms with E-state index in [4.69, 9.17) is 4.74 Å². The minimum Gasteiger partial charge on any atom is -0.489 e. The molecular weight excluding hydrogens is 398 g/mol. The van der Waals surface area contributed by atoms with Crippen molar-refractivity contribution in [2.24, 2.45) is 0 Å². The first-order chi connectivity index (χ1) is 15.7. The zero-order chi connectivity index (χ0) is 21.8. The third-order valence-corrected chi connectivity index (χ3v) is 5.79. The van der Waals surface area contributed by atoms with E-state index >= 15 is 0 Å². The van der Waals surface area contributed by atoms with Crippen LogP contribution in [-0.4, -0.2) is 48.1 Å². The molecule has 0 atom stereocenters. The van der Waals surface area contributed by atoms with Crippen LogP contribution in [0.1, 0.15) is 5.56 Å². The summed E-state index contributed by atoms with van der Waals surface area (Å²) in [5.41, 5.74) is 4.05. The molecule has 162 valence electrons. The normalized spacial score (nSPS) is 14.5. The highest BCUT2D eigenvalue weighted by molar-refractivity contribution is 5.92. The zero-order valence-electron chi connectivity index (χ0n) is 18.2. The van der Waals surface area contributed by atoms with Crippen molar-refractivity contribution in [3.05, 3.63) is 84.7 Å². The molecular formula is C26H27N5O. The number of hydrogen-bond acceptors (Lipinski definition) is 6. The molecule has 0 amide bonds. The number of fused-ring (bicyclic) bond motifs is 1. The van der Waals surface area contributed by atoms with Crippen LogP contribution < -0.4 is 15.0 Å². The van der Waals surface area contributed by atoms with Crippen molar-refractivity contribution < 1.29 is 4.74 Å². The number of benzene rings is 3. The lowest BCUT2D eigenvalue weighted by molar-refractivity contribution is 0.306. The van der Waals surface area contributed by atoms with Gasteiger partial charge in [-0.1, -0.05) is 36.4 Å². The minimum absolute atomic E-state index is 0.548. The van der Waals surface area contributed by atoms with E-state index in [1.165, 1.54) is 0 Å². The lowest BCUT2D eigenvalue weighted by Crippen LogP contribution is -2.44. The molecule has 3 aromatic carbocycles. The van der Waals surface area contributed by atoms with Crippen molar-refractivity contribution in [2.45, 2.75) is 6.61 Å². The molecule has 6 nitrogen and oxygen atoms in total. The molecule has 2 heterocycles. The second-order valence-corrected chi connectivity index (χ2v) is 8.15. The molecule has 0 radical (unpaired) electrons. The average molecular weight is 426 g/mol. The number of rotatable bonds is 6. The first-order valence-electron chi connectivity index (χ1n) is 11.0. The fourth-order valence-corrected chi connectivity index (χ4v) is 3.96. The van der Waals surface area contributed by atoms with E-state index in [-0.39, 0.29) is 0 Å². The first kappa shape index (κ1) is 20.3. The standard InChI is InChI=1S/C26H27N5O/c1-30-12-14-31(15-13-30)26-24-11-10-22(17-25(24)27-19-28-26)29-21-8-5-9-23(16-21)32-18-20-6-3-2-4-7-20/h2-11,16-17,19,29H,12-15,18H2,1H3. The maximum Gasteiger partial charge on any atom is 0.139 e. The van der Waals surface area contributed by atoms with Gasteiger partial charge in [0.25, 0.3) is 0 Å². The Kier molecular flexibility index (Phi) is 5.85. The van der Waals surface area contributed by atoms with Crippen LogP contribution >= 0.6 is 0 Å². The smallest absolute Gasteiger partial charge is 0.139 e. The highest BCUT2D eigenvalue weighted by Crippen LogP contribution is 2.28. The highest BCUT2D eigenvalue weighted by atomic mass is 16.5. The Morgan fingerprint density at radius 1 is 0.844 bits per heavy atom. The number of ether oxygens (including phenoxy) is 1. The van der Waals surface area contributed by atoms with Gasteiger partial charge in [-0.15, -0.1) is 0 Å². The molecule has 1 saturated heterocycles. The summed E-state index contributed by atoms with van der Waals surface area (Å²) >= 11 is 0. The van der Waals surface area contributed by atoms with Gasteiger partial charge in [-0.25, -0.2) is 9.97 Å². The summed E-state index contributed by atoms with van der Waals surface area (Å²) in [7, 11) is 2.16. The predicted molar refractivity (Wildman–Crippen MR) is 130 cm³/mol. The predicted octanol–water partition coefficient (Wildman–Crippen LogP) is 4.70. The fraction of sp³-hybridized carbons (Fsp3) is 0.231. The van der Waals surface area contributed by atoms with Crippen LogP contribution in [0.25, 0.3) is 10.9 Å². The SMILES string of the molecule is CN1CCN(c2ncnc3cc(Nc4cccc(OCc5ccccc5)c4)ccc23)CC1. The summed E-state index contributed by atoms with van der Waals surface area (Å²) in [6.45, 7) is 4.62. The lowest BCUT2D eigenvalue weighted by Gasteiger charge is -2.33. The van der Waals surface area contributed by atoms with Gasteiger partial charge >= 0.3 is 0 Å². The summed E-state index contributed by atoms with van der Waals surface area (Å²) in [5, 5.41) is 4.56. The fourth-order valence-electron chi connectivity index (χ4n) is 3.96. The van der Waals surface area contributed by atoms with Crippen molar-refractivity contribution >= 4 is 28.1 Å². The van der Waals surface area contributed by atoms with Crippen LogP contribution in [0.3, 0.4) is 0 Å². The van der Waals surface area contributed by atoms with Crippen molar-refractivity contribution in [1.82, 2.24) is 14.9 Å². The molecule has 32 heavy (non-hydrogen) atoms. The Balaban J connectivity index is 1.31. The van der Waals surface area contributed by atoms with E-state index in [1.54, 1.807) is 6.33 Å². The van der Waals surface area contributed by atoms with E-state index in [0.29, 0.717) is 6.61 Å². The quantitative estimate of drug-likeness (QED) is 0.483. The molecule has 1 aromatic heterocycles. The van der Waals surface area contributed by atoms with Crippen molar-refractivity contribution in [1.29, 1.82) is 0 Å².